The molecule has 1 aromatic carbocycles. The van der Waals surface area contributed by atoms with E-state index in [1.165, 1.54) is 6.08 Å². The van der Waals surface area contributed by atoms with Gasteiger partial charge >= 0.3 is 17.9 Å². The minimum Gasteiger partial charge on any atom is -0.463 e. The second-order valence-corrected chi connectivity index (χ2v) is 8.89. The molecule has 1 aromatic rings. The van der Waals surface area contributed by atoms with Crippen LogP contribution in [0.4, 0.5) is 0 Å². The van der Waals surface area contributed by atoms with Crippen molar-refractivity contribution in [2.45, 2.75) is 30.5 Å². The Bertz CT molecular complexity index is 718. The molecule has 0 bridgehead atoms. The third-order valence-electron chi connectivity index (χ3n) is 4.15. The predicted molar refractivity (Wildman–Crippen MR) is 117 cm³/mol. The lowest BCUT2D eigenvalue weighted by Gasteiger charge is -2.26. The van der Waals surface area contributed by atoms with Gasteiger partial charge in [-0.2, -0.15) is 0 Å². The van der Waals surface area contributed by atoms with E-state index >= 15 is 0 Å². The number of halogens is 1. The molecule has 0 heterocycles. The molecule has 0 N–H and O–H groups in total. The molecule has 0 fully saturated rings. The van der Waals surface area contributed by atoms with E-state index in [2.05, 4.69) is 15.9 Å². The van der Waals surface area contributed by atoms with E-state index in [4.69, 9.17) is 14.2 Å². The van der Waals surface area contributed by atoms with E-state index in [1.807, 2.05) is 37.2 Å². The Morgan fingerprint density at radius 3 is 2.30 bits per heavy atom. The van der Waals surface area contributed by atoms with Crippen LogP contribution in [0, 0.1) is 0 Å². The Hall–Kier alpha value is -2.19. The summed E-state index contributed by atoms with van der Waals surface area (Å²) in [5.74, 6) is -2.14. The maximum atomic E-state index is 12.8. The van der Waals surface area contributed by atoms with Gasteiger partial charge in [-0.05, 0) is 39.9 Å². The van der Waals surface area contributed by atoms with Crippen molar-refractivity contribution in [2.75, 3.05) is 40.5 Å². The molecule has 0 spiro atoms. The fourth-order valence-electron chi connectivity index (χ4n) is 2.53. The van der Waals surface area contributed by atoms with Gasteiger partial charge in [0.2, 0.25) is 0 Å². The summed E-state index contributed by atoms with van der Waals surface area (Å²) in [6, 6.07) is 9.08. The van der Waals surface area contributed by atoms with E-state index in [0.29, 0.717) is 6.54 Å². The van der Waals surface area contributed by atoms with Crippen LogP contribution in [0.2, 0.25) is 0 Å². The number of carbonyl (C=O) groups is 3. The molecule has 7 nitrogen and oxygen atoms in total. The van der Waals surface area contributed by atoms with E-state index in [-0.39, 0.29) is 26.2 Å². The first-order chi connectivity index (χ1) is 14.2. The van der Waals surface area contributed by atoms with Crippen LogP contribution < -0.4 is 0 Å². The first-order valence-corrected chi connectivity index (χ1v) is 10.5. The largest absolute Gasteiger partial charge is 0.463 e. The van der Waals surface area contributed by atoms with Gasteiger partial charge in [0, 0.05) is 12.6 Å². The summed E-state index contributed by atoms with van der Waals surface area (Å²) in [5, 5.41) is 0. The highest BCUT2D eigenvalue weighted by molar-refractivity contribution is 9.10. The van der Waals surface area contributed by atoms with Crippen molar-refractivity contribution in [3.8, 4) is 0 Å². The number of hydrogen-bond acceptors (Lipinski definition) is 7. The van der Waals surface area contributed by atoms with Crippen LogP contribution in [0.3, 0.4) is 0 Å². The fraction of sp³-hybridized carbons (Fsp3) is 0.500. The van der Waals surface area contributed by atoms with Crippen LogP contribution in [-0.4, -0.2) is 67.6 Å². The van der Waals surface area contributed by atoms with Gasteiger partial charge in [0.05, 0.1) is 5.92 Å². The SMILES string of the molecule is C/C=C/C(=O)OCCOC(=O)C(CC(C)(Br)C(=O)OCCN(C)C)c1ccccc1. The lowest BCUT2D eigenvalue weighted by molar-refractivity contribution is -0.152. The molecule has 0 saturated heterocycles. The van der Waals surface area contributed by atoms with Crippen molar-refractivity contribution in [2.24, 2.45) is 0 Å². The lowest BCUT2D eigenvalue weighted by atomic mass is 9.89. The molecule has 1 rings (SSSR count). The highest BCUT2D eigenvalue weighted by Gasteiger charge is 2.38. The van der Waals surface area contributed by atoms with Crippen molar-refractivity contribution < 1.29 is 28.6 Å². The monoisotopic (exact) mass is 483 g/mol. The van der Waals surface area contributed by atoms with E-state index in [0.717, 1.165) is 5.56 Å². The third-order valence-corrected chi connectivity index (χ3v) is 4.79. The van der Waals surface area contributed by atoms with Crippen LogP contribution in [0.15, 0.2) is 42.5 Å². The number of ether oxygens (including phenoxy) is 3. The van der Waals surface area contributed by atoms with Crippen LogP contribution in [-0.2, 0) is 28.6 Å². The lowest BCUT2D eigenvalue weighted by Crippen LogP contribution is -2.36. The van der Waals surface area contributed by atoms with Gasteiger partial charge in [0.25, 0.3) is 0 Å². The highest BCUT2D eigenvalue weighted by atomic mass is 79.9. The number of benzene rings is 1. The molecule has 0 amide bonds. The summed E-state index contributed by atoms with van der Waals surface area (Å²) in [7, 11) is 3.77. The fourth-order valence-corrected chi connectivity index (χ4v) is 2.97. The quantitative estimate of drug-likeness (QED) is 0.148. The van der Waals surface area contributed by atoms with Crippen molar-refractivity contribution in [3.63, 3.8) is 0 Å². The Morgan fingerprint density at radius 1 is 1.07 bits per heavy atom. The minimum absolute atomic E-state index is 0.0470. The van der Waals surface area contributed by atoms with Crippen LogP contribution >= 0.6 is 15.9 Å². The number of allylic oxidation sites excluding steroid dienone is 1. The summed E-state index contributed by atoms with van der Waals surface area (Å²) in [6.45, 7) is 4.11. The average Bonchev–Trinajstić information content (AvgIpc) is 2.69. The molecule has 0 aliphatic rings. The minimum atomic E-state index is -1.07. The van der Waals surface area contributed by atoms with Crippen molar-refractivity contribution in [3.05, 3.63) is 48.0 Å². The van der Waals surface area contributed by atoms with Gasteiger partial charge < -0.3 is 19.1 Å². The summed E-state index contributed by atoms with van der Waals surface area (Å²) in [6.07, 6.45) is 3.00. The molecule has 30 heavy (non-hydrogen) atoms. The normalized spacial score (nSPS) is 14.2. The summed E-state index contributed by atoms with van der Waals surface area (Å²) in [4.78, 5) is 38.5. The highest BCUT2D eigenvalue weighted by Crippen LogP contribution is 2.34. The summed E-state index contributed by atoms with van der Waals surface area (Å²) >= 11 is 3.43. The van der Waals surface area contributed by atoms with Gasteiger partial charge in [0.15, 0.2) is 0 Å². The predicted octanol–water partition coefficient (Wildman–Crippen LogP) is 3.08. The summed E-state index contributed by atoms with van der Waals surface area (Å²) in [5.41, 5.74) is 0.722. The average molecular weight is 484 g/mol. The number of nitrogens with zero attached hydrogens (tertiary/aromatic N) is 1. The van der Waals surface area contributed by atoms with Gasteiger partial charge in [0.1, 0.15) is 24.1 Å². The van der Waals surface area contributed by atoms with Crippen LogP contribution in [0.5, 0.6) is 0 Å². The van der Waals surface area contributed by atoms with Gasteiger partial charge in [-0.15, -0.1) is 0 Å². The first kappa shape index (κ1) is 25.8. The molecule has 8 heteroatoms. The number of esters is 3. The second-order valence-electron chi connectivity index (χ2n) is 7.14. The topological polar surface area (TPSA) is 82.1 Å². The number of likely N-dealkylation sites (N-methyl/N-ethyl adjacent to an activating group) is 1. The maximum Gasteiger partial charge on any atom is 0.330 e. The molecular weight excluding hydrogens is 454 g/mol. The zero-order chi connectivity index (χ0) is 22.6. The Balaban J connectivity index is 2.77. The van der Waals surface area contributed by atoms with Gasteiger partial charge in [-0.25, -0.2) is 4.79 Å². The zero-order valence-electron chi connectivity index (χ0n) is 17.9. The molecule has 2 atom stereocenters. The van der Waals surface area contributed by atoms with E-state index < -0.39 is 28.2 Å². The third kappa shape index (κ3) is 9.54. The molecule has 0 saturated carbocycles. The molecular formula is C22H30BrNO6. The molecule has 0 aromatic heterocycles. The standard InChI is InChI=1S/C22H30BrNO6/c1-5-9-19(25)28-14-15-29-20(26)18(17-10-7-6-8-11-17)16-22(2,23)21(27)30-13-12-24(3)4/h5-11,18H,12-16H2,1-4H3/b9-5+. The number of carbonyl (C=O) groups excluding carboxylic acids is 3. The zero-order valence-corrected chi connectivity index (χ0v) is 19.5. The Labute approximate surface area is 186 Å². The van der Waals surface area contributed by atoms with Crippen LogP contribution in [0.1, 0.15) is 31.7 Å². The van der Waals surface area contributed by atoms with Gasteiger partial charge in [-0.1, -0.05) is 52.3 Å². The van der Waals surface area contributed by atoms with Crippen molar-refractivity contribution in [1.29, 1.82) is 0 Å². The molecule has 0 radical (unpaired) electrons. The number of rotatable bonds is 12. The van der Waals surface area contributed by atoms with Crippen molar-refractivity contribution >= 4 is 33.8 Å². The van der Waals surface area contributed by atoms with Crippen LogP contribution in [0.25, 0.3) is 0 Å². The second kappa shape index (κ2) is 13.2. The molecule has 0 aliphatic heterocycles. The van der Waals surface area contributed by atoms with Gasteiger partial charge in [-0.3, -0.25) is 9.59 Å². The first-order valence-electron chi connectivity index (χ1n) is 9.69. The van der Waals surface area contributed by atoms with E-state index in [9.17, 15) is 14.4 Å². The number of hydrogen-bond donors (Lipinski definition) is 0. The Kier molecular flexibility index (Phi) is 11.4. The maximum absolute atomic E-state index is 12.8. The van der Waals surface area contributed by atoms with Crippen molar-refractivity contribution in [1.82, 2.24) is 4.90 Å². The summed E-state index contributed by atoms with van der Waals surface area (Å²) < 4.78 is 14.5. The molecule has 0 aliphatic carbocycles. The Morgan fingerprint density at radius 2 is 1.70 bits per heavy atom. The number of alkyl halides is 1. The molecule has 166 valence electrons. The smallest absolute Gasteiger partial charge is 0.330 e. The molecule has 2 unspecified atom stereocenters. The van der Waals surface area contributed by atoms with E-state index in [1.54, 1.807) is 32.1 Å².